The largest absolute Gasteiger partial charge is 0.419 e. The fourth-order valence-corrected chi connectivity index (χ4v) is 3.09. The van der Waals surface area contributed by atoms with Gasteiger partial charge in [-0.3, -0.25) is 4.79 Å². The van der Waals surface area contributed by atoms with Crippen LogP contribution in [-0.2, 0) is 6.18 Å². The zero-order chi connectivity index (χ0) is 21.3. The van der Waals surface area contributed by atoms with Crippen LogP contribution in [0.4, 0.5) is 23.2 Å². The third-order valence-corrected chi connectivity index (χ3v) is 4.57. The van der Waals surface area contributed by atoms with Gasteiger partial charge in [-0.25, -0.2) is 9.37 Å². The molecule has 1 N–H and O–H groups in total. The van der Waals surface area contributed by atoms with Gasteiger partial charge in [-0.15, -0.1) is 0 Å². The summed E-state index contributed by atoms with van der Waals surface area (Å²) in [5.41, 5.74) is 0.286. The molecule has 150 valence electrons. The van der Waals surface area contributed by atoms with Crippen LogP contribution in [0.25, 0.3) is 22.2 Å². The van der Waals surface area contributed by atoms with Crippen molar-refractivity contribution in [1.82, 2.24) is 4.98 Å². The summed E-state index contributed by atoms with van der Waals surface area (Å²) in [5.74, 6) is -1.68. The van der Waals surface area contributed by atoms with Gasteiger partial charge in [0.1, 0.15) is 5.82 Å². The van der Waals surface area contributed by atoms with Crippen molar-refractivity contribution >= 4 is 22.5 Å². The summed E-state index contributed by atoms with van der Waals surface area (Å²) in [6.45, 7) is 0. The summed E-state index contributed by atoms with van der Waals surface area (Å²) >= 11 is 0. The quantitative estimate of drug-likeness (QED) is 0.402. The van der Waals surface area contributed by atoms with Crippen molar-refractivity contribution < 1.29 is 22.4 Å². The molecule has 0 fully saturated rings. The second-order valence-corrected chi connectivity index (χ2v) is 6.59. The lowest BCUT2D eigenvalue weighted by atomic mass is 10.0. The van der Waals surface area contributed by atoms with E-state index in [1.165, 1.54) is 6.07 Å². The van der Waals surface area contributed by atoms with Crippen LogP contribution in [0.2, 0.25) is 0 Å². The lowest BCUT2D eigenvalue weighted by Crippen LogP contribution is -2.12. The van der Waals surface area contributed by atoms with Crippen molar-refractivity contribution in [2.75, 3.05) is 5.32 Å². The molecule has 30 heavy (non-hydrogen) atoms. The highest BCUT2D eigenvalue weighted by Crippen LogP contribution is 2.34. The van der Waals surface area contributed by atoms with Gasteiger partial charge in [0.15, 0.2) is 0 Å². The van der Waals surface area contributed by atoms with E-state index >= 15 is 0 Å². The van der Waals surface area contributed by atoms with Crippen molar-refractivity contribution in [2.45, 2.75) is 6.18 Å². The number of amides is 1. The average Bonchev–Trinajstić information content (AvgIpc) is 2.74. The lowest BCUT2D eigenvalue weighted by molar-refractivity contribution is -0.139. The van der Waals surface area contributed by atoms with Gasteiger partial charge in [0.2, 0.25) is 0 Å². The number of anilines is 1. The van der Waals surface area contributed by atoms with Gasteiger partial charge in [-0.05, 0) is 42.5 Å². The number of halogens is 4. The predicted molar refractivity (Wildman–Crippen MR) is 107 cm³/mol. The minimum absolute atomic E-state index is 0.120. The van der Waals surface area contributed by atoms with Crippen LogP contribution in [0, 0.1) is 5.82 Å². The molecule has 0 aliphatic heterocycles. The molecule has 7 heteroatoms. The Bertz CT molecular complexity index is 1240. The number of benzene rings is 3. The van der Waals surface area contributed by atoms with Gasteiger partial charge < -0.3 is 5.32 Å². The minimum atomic E-state index is -4.81. The second kappa shape index (κ2) is 7.59. The highest BCUT2D eigenvalue weighted by molar-refractivity contribution is 6.08. The Balaban J connectivity index is 1.76. The number of aromatic nitrogens is 1. The molecule has 4 aromatic rings. The number of fused-ring (bicyclic) bond motifs is 1. The van der Waals surface area contributed by atoms with Gasteiger partial charge in [-0.2, -0.15) is 13.2 Å². The lowest BCUT2D eigenvalue weighted by Gasteiger charge is -2.12. The molecule has 1 amide bonds. The van der Waals surface area contributed by atoms with Crippen LogP contribution in [-0.4, -0.2) is 10.9 Å². The zero-order valence-corrected chi connectivity index (χ0v) is 15.4. The molecule has 0 aliphatic rings. The van der Waals surface area contributed by atoms with E-state index in [2.05, 4.69) is 10.3 Å². The predicted octanol–water partition coefficient (Wildman–Crippen LogP) is 6.31. The standard InChI is InChI=1S/C23H14F4N2O/c24-18-11-9-16(13-17(18)23(25,26)27)19-12-10-14-7-4-8-20(21(14)28-19)29-22(30)15-5-2-1-3-6-15/h1-13H,(H,29,30). The SMILES string of the molecule is O=C(Nc1cccc2ccc(-c3ccc(F)c(C(F)(F)F)c3)nc12)c1ccccc1. The van der Waals surface area contributed by atoms with Crippen LogP contribution in [0.3, 0.4) is 0 Å². The number of carbonyl (C=O) groups excluding carboxylic acids is 1. The maximum atomic E-state index is 13.6. The van der Waals surface area contributed by atoms with Crippen molar-refractivity contribution in [3.05, 3.63) is 95.8 Å². The fraction of sp³-hybridized carbons (Fsp3) is 0.0435. The second-order valence-electron chi connectivity index (χ2n) is 6.59. The van der Waals surface area contributed by atoms with E-state index in [4.69, 9.17) is 0 Å². The number of para-hydroxylation sites is 1. The Labute approximate surface area is 169 Å². The highest BCUT2D eigenvalue weighted by Gasteiger charge is 2.34. The topological polar surface area (TPSA) is 42.0 Å². The van der Waals surface area contributed by atoms with E-state index in [1.54, 1.807) is 60.7 Å². The van der Waals surface area contributed by atoms with Crippen LogP contribution in [0.1, 0.15) is 15.9 Å². The summed E-state index contributed by atoms with van der Waals surface area (Å²) < 4.78 is 52.8. The third-order valence-electron chi connectivity index (χ3n) is 4.57. The Hall–Kier alpha value is -3.74. The number of carbonyl (C=O) groups is 1. The van der Waals surface area contributed by atoms with Crippen LogP contribution >= 0.6 is 0 Å². The minimum Gasteiger partial charge on any atom is -0.320 e. The molecule has 0 unspecified atom stereocenters. The van der Waals surface area contributed by atoms with Gasteiger partial charge in [0.25, 0.3) is 5.91 Å². The number of hydrogen-bond acceptors (Lipinski definition) is 2. The molecule has 0 atom stereocenters. The number of alkyl halides is 3. The first-order valence-electron chi connectivity index (χ1n) is 8.96. The fourth-order valence-electron chi connectivity index (χ4n) is 3.09. The van der Waals surface area contributed by atoms with E-state index in [1.807, 2.05) is 0 Å². The number of nitrogens with one attached hydrogen (secondary N) is 1. The van der Waals surface area contributed by atoms with Gasteiger partial charge in [-0.1, -0.05) is 36.4 Å². The van der Waals surface area contributed by atoms with Crippen molar-refractivity contribution in [1.29, 1.82) is 0 Å². The van der Waals surface area contributed by atoms with E-state index in [0.29, 0.717) is 22.2 Å². The van der Waals surface area contributed by atoms with E-state index in [-0.39, 0.29) is 17.2 Å². The third kappa shape index (κ3) is 3.87. The van der Waals surface area contributed by atoms with Gasteiger partial charge in [0.05, 0.1) is 22.5 Å². The Kier molecular flexibility index (Phi) is 4.95. The van der Waals surface area contributed by atoms with E-state index in [9.17, 15) is 22.4 Å². The summed E-state index contributed by atoms with van der Waals surface area (Å²) in [5, 5.41) is 3.48. The zero-order valence-electron chi connectivity index (χ0n) is 15.4. The van der Waals surface area contributed by atoms with Gasteiger partial charge in [0, 0.05) is 16.5 Å². The Morgan fingerprint density at radius 1 is 0.867 bits per heavy atom. The average molecular weight is 410 g/mol. The van der Waals surface area contributed by atoms with E-state index < -0.39 is 17.6 Å². The first-order valence-corrected chi connectivity index (χ1v) is 8.96. The molecule has 1 heterocycles. The molecule has 3 aromatic carbocycles. The summed E-state index contributed by atoms with van der Waals surface area (Å²) in [4.78, 5) is 16.9. The summed E-state index contributed by atoms with van der Waals surface area (Å²) in [6, 6.07) is 19.7. The summed E-state index contributed by atoms with van der Waals surface area (Å²) in [7, 11) is 0. The number of pyridine rings is 1. The molecule has 1 aromatic heterocycles. The number of nitrogens with zero attached hydrogens (tertiary/aromatic N) is 1. The number of hydrogen-bond donors (Lipinski definition) is 1. The molecular formula is C23H14F4N2O. The molecule has 0 bridgehead atoms. The molecule has 0 radical (unpaired) electrons. The molecule has 4 rings (SSSR count). The van der Waals surface area contributed by atoms with Crippen LogP contribution in [0.15, 0.2) is 78.9 Å². The van der Waals surface area contributed by atoms with Crippen molar-refractivity contribution in [3.8, 4) is 11.3 Å². The maximum Gasteiger partial charge on any atom is 0.419 e. The first kappa shape index (κ1) is 19.6. The van der Waals surface area contributed by atoms with E-state index in [0.717, 1.165) is 12.1 Å². The van der Waals surface area contributed by atoms with Crippen LogP contribution < -0.4 is 5.32 Å². The smallest absolute Gasteiger partial charge is 0.320 e. The Morgan fingerprint density at radius 3 is 2.37 bits per heavy atom. The molecule has 0 saturated carbocycles. The van der Waals surface area contributed by atoms with Crippen molar-refractivity contribution in [2.24, 2.45) is 0 Å². The van der Waals surface area contributed by atoms with Crippen molar-refractivity contribution in [3.63, 3.8) is 0 Å². The summed E-state index contributed by atoms with van der Waals surface area (Å²) in [6.07, 6.45) is -4.81. The molecule has 0 aliphatic carbocycles. The monoisotopic (exact) mass is 410 g/mol. The molecule has 3 nitrogen and oxygen atoms in total. The molecular weight excluding hydrogens is 396 g/mol. The van der Waals surface area contributed by atoms with Gasteiger partial charge >= 0.3 is 6.18 Å². The number of rotatable bonds is 3. The normalized spacial score (nSPS) is 11.5. The maximum absolute atomic E-state index is 13.6. The molecule has 0 saturated heterocycles. The molecule has 0 spiro atoms. The highest BCUT2D eigenvalue weighted by atomic mass is 19.4. The Morgan fingerprint density at radius 2 is 1.63 bits per heavy atom. The van der Waals surface area contributed by atoms with Crippen LogP contribution in [0.5, 0.6) is 0 Å². The first-order chi connectivity index (χ1) is 14.3.